The molecule has 0 aliphatic heterocycles. The standard InChI is InChI=1S/C16H15ClF3NO3S/c1-10(12-5-3-4-6-14(12)24-2)21-25(22,23)15-8-7-11(17)9-13(15)16(18,19)20/h3-10,21H,1-2H3/t10-/m1/s1. The summed E-state index contributed by atoms with van der Waals surface area (Å²) in [7, 11) is -3.03. The third-order valence-electron chi connectivity index (χ3n) is 3.47. The summed E-state index contributed by atoms with van der Waals surface area (Å²) in [6.45, 7) is 1.51. The Hall–Kier alpha value is -1.77. The fourth-order valence-electron chi connectivity index (χ4n) is 2.34. The van der Waals surface area contributed by atoms with E-state index in [2.05, 4.69) is 4.72 Å². The van der Waals surface area contributed by atoms with E-state index in [0.29, 0.717) is 17.4 Å². The number of ether oxygens (including phenoxy) is 1. The molecule has 0 radical (unpaired) electrons. The van der Waals surface area contributed by atoms with Gasteiger partial charge in [-0.1, -0.05) is 29.8 Å². The van der Waals surface area contributed by atoms with Gasteiger partial charge in [-0.3, -0.25) is 0 Å². The van der Waals surface area contributed by atoms with Gasteiger partial charge in [-0.15, -0.1) is 0 Å². The molecular formula is C16H15ClF3NO3S. The van der Waals surface area contributed by atoms with Crippen molar-refractivity contribution in [3.05, 3.63) is 58.6 Å². The highest BCUT2D eigenvalue weighted by Gasteiger charge is 2.38. The number of para-hydroxylation sites is 1. The summed E-state index contributed by atoms with van der Waals surface area (Å²) < 4.78 is 71.9. The lowest BCUT2D eigenvalue weighted by Gasteiger charge is -2.19. The summed E-state index contributed by atoms with van der Waals surface area (Å²) in [5.41, 5.74) is -0.823. The summed E-state index contributed by atoms with van der Waals surface area (Å²) in [5.74, 6) is 0.421. The first-order valence-electron chi connectivity index (χ1n) is 7.08. The maximum atomic E-state index is 13.2. The number of halogens is 4. The second-order valence-electron chi connectivity index (χ2n) is 5.22. The number of hydrogen-bond donors (Lipinski definition) is 1. The molecule has 136 valence electrons. The molecule has 0 unspecified atom stereocenters. The topological polar surface area (TPSA) is 55.4 Å². The Bertz CT molecular complexity index is 869. The molecule has 0 aromatic heterocycles. The van der Waals surface area contributed by atoms with E-state index in [-0.39, 0.29) is 5.02 Å². The average Bonchev–Trinajstić information content (AvgIpc) is 2.53. The van der Waals surface area contributed by atoms with Crippen LogP contribution in [0, 0.1) is 0 Å². The van der Waals surface area contributed by atoms with Crippen molar-refractivity contribution >= 4 is 21.6 Å². The van der Waals surface area contributed by atoms with Gasteiger partial charge in [0.05, 0.1) is 17.6 Å². The van der Waals surface area contributed by atoms with Gasteiger partial charge in [0.1, 0.15) is 5.75 Å². The van der Waals surface area contributed by atoms with Crippen molar-refractivity contribution in [1.29, 1.82) is 0 Å². The molecule has 0 fully saturated rings. The number of methoxy groups -OCH3 is 1. The third kappa shape index (κ3) is 4.45. The van der Waals surface area contributed by atoms with E-state index in [9.17, 15) is 21.6 Å². The van der Waals surface area contributed by atoms with Gasteiger partial charge in [0.2, 0.25) is 10.0 Å². The molecule has 0 heterocycles. The molecule has 0 bridgehead atoms. The highest BCUT2D eigenvalue weighted by Crippen LogP contribution is 2.36. The molecule has 25 heavy (non-hydrogen) atoms. The number of sulfonamides is 1. The van der Waals surface area contributed by atoms with Crippen LogP contribution in [0.4, 0.5) is 13.2 Å². The van der Waals surface area contributed by atoms with Crippen LogP contribution in [0.15, 0.2) is 47.4 Å². The molecule has 2 aromatic rings. The fourth-order valence-corrected chi connectivity index (χ4v) is 3.94. The molecule has 1 atom stereocenters. The Morgan fingerprint density at radius 3 is 2.40 bits per heavy atom. The van der Waals surface area contributed by atoms with Gasteiger partial charge in [0.15, 0.2) is 0 Å². The van der Waals surface area contributed by atoms with Gasteiger partial charge < -0.3 is 4.74 Å². The van der Waals surface area contributed by atoms with Crippen molar-refractivity contribution < 1.29 is 26.3 Å². The minimum absolute atomic E-state index is 0.205. The van der Waals surface area contributed by atoms with Crippen LogP contribution in [0.25, 0.3) is 0 Å². The molecule has 0 saturated heterocycles. The molecular weight excluding hydrogens is 379 g/mol. The summed E-state index contributed by atoms with van der Waals surface area (Å²) in [5, 5.41) is -0.205. The number of alkyl halides is 3. The van der Waals surface area contributed by atoms with Crippen LogP contribution in [-0.4, -0.2) is 15.5 Å². The van der Waals surface area contributed by atoms with Crippen molar-refractivity contribution in [3.8, 4) is 5.75 Å². The Morgan fingerprint density at radius 2 is 1.80 bits per heavy atom. The van der Waals surface area contributed by atoms with Crippen LogP contribution < -0.4 is 9.46 Å². The van der Waals surface area contributed by atoms with Crippen LogP contribution in [-0.2, 0) is 16.2 Å². The Kier molecular flexibility index (Phi) is 5.65. The van der Waals surface area contributed by atoms with Crippen LogP contribution in [0.3, 0.4) is 0 Å². The predicted octanol–water partition coefficient (Wildman–Crippen LogP) is 4.41. The lowest BCUT2D eigenvalue weighted by molar-refractivity contribution is -0.139. The van der Waals surface area contributed by atoms with Crippen molar-refractivity contribution in [1.82, 2.24) is 4.72 Å². The smallest absolute Gasteiger partial charge is 0.417 e. The van der Waals surface area contributed by atoms with Crippen molar-refractivity contribution in [2.45, 2.75) is 24.0 Å². The monoisotopic (exact) mass is 393 g/mol. The molecule has 0 saturated carbocycles. The van der Waals surface area contributed by atoms with Crippen LogP contribution in [0.1, 0.15) is 24.1 Å². The first kappa shape index (κ1) is 19.6. The van der Waals surface area contributed by atoms with Crippen molar-refractivity contribution in [3.63, 3.8) is 0 Å². The van der Waals surface area contributed by atoms with Gasteiger partial charge in [0, 0.05) is 16.6 Å². The van der Waals surface area contributed by atoms with E-state index < -0.39 is 32.7 Å². The second-order valence-corrected chi connectivity index (χ2v) is 7.34. The Morgan fingerprint density at radius 1 is 1.16 bits per heavy atom. The largest absolute Gasteiger partial charge is 0.496 e. The van der Waals surface area contributed by atoms with Crippen LogP contribution >= 0.6 is 11.6 Å². The second kappa shape index (κ2) is 7.23. The minimum Gasteiger partial charge on any atom is -0.496 e. The average molecular weight is 394 g/mol. The normalized spacial score (nSPS) is 13.5. The van der Waals surface area contributed by atoms with Crippen molar-refractivity contribution in [2.24, 2.45) is 0 Å². The highest BCUT2D eigenvalue weighted by molar-refractivity contribution is 7.89. The molecule has 0 spiro atoms. The predicted molar refractivity (Wildman–Crippen MR) is 88.2 cm³/mol. The van der Waals surface area contributed by atoms with Crippen LogP contribution in [0.5, 0.6) is 5.75 Å². The molecule has 0 amide bonds. The van der Waals surface area contributed by atoms with Gasteiger partial charge >= 0.3 is 6.18 Å². The summed E-state index contributed by atoms with van der Waals surface area (Å²) in [4.78, 5) is -0.883. The van der Waals surface area contributed by atoms with E-state index in [0.717, 1.165) is 12.1 Å². The maximum Gasteiger partial charge on any atom is 0.417 e. The third-order valence-corrected chi connectivity index (χ3v) is 5.31. The lowest BCUT2D eigenvalue weighted by Crippen LogP contribution is -2.29. The zero-order valence-electron chi connectivity index (χ0n) is 13.3. The first-order valence-corrected chi connectivity index (χ1v) is 8.94. The summed E-state index contributed by atoms with van der Waals surface area (Å²) >= 11 is 5.58. The Balaban J connectivity index is 2.43. The molecule has 0 aliphatic rings. The highest BCUT2D eigenvalue weighted by atomic mass is 35.5. The zero-order chi connectivity index (χ0) is 18.8. The fraction of sp³-hybridized carbons (Fsp3) is 0.250. The summed E-state index contributed by atoms with van der Waals surface area (Å²) in [6, 6.07) is 8.34. The maximum absolute atomic E-state index is 13.2. The van der Waals surface area contributed by atoms with E-state index in [1.54, 1.807) is 24.3 Å². The first-order chi connectivity index (χ1) is 11.6. The number of benzene rings is 2. The quantitative estimate of drug-likeness (QED) is 0.818. The molecule has 9 heteroatoms. The van der Waals surface area contributed by atoms with Gasteiger partial charge in [-0.25, -0.2) is 13.1 Å². The number of rotatable bonds is 5. The van der Waals surface area contributed by atoms with Gasteiger partial charge in [-0.05, 0) is 31.2 Å². The van der Waals surface area contributed by atoms with Gasteiger partial charge in [-0.2, -0.15) is 13.2 Å². The number of nitrogens with one attached hydrogen (secondary N) is 1. The molecule has 2 rings (SSSR count). The van der Waals surface area contributed by atoms with E-state index >= 15 is 0 Å². The SMILES string of the molecule is COc1ccccc1[C@@H](C)NS(=O)(=O)c1ccc(Cl)cc1C(F)(F)F. The van der Waals surface area contributed by atoms with E-state index in [4.69, 9.17) is 16.3 Å². The van der Waals surface area contributed by atoms with Gasteiger partial charge in [0.25, 0.3) is 0 Å². The molecule has 4 nitrogen and oxygen atoms in total. The Labute approximate surface area is 148 Å². The van der Waals surface area contributed by atoms with Crippen LogP contribution in [0.2, 0.25) is 5.02 Å². The lowest BCUT2D eigenvalue weighted by atomic mass is 10.1. The summed E-state index contributed by atoms with van der Waals surface area (Å²) in [6.07, 6.45) is -4.86. The number of hydrogen-bond acceptors (Lipinski definition) is 3. The van der Waals surface area contributed by atoms with E-state index in [1.165, 1.54) is 14.0 Å². The van der Waals surface area contributed by atoms with E-state index in [1.807, 2.05) is 0 Å². The zero-order valence-corrected chi connectivity index (χ0v) is 14.8. The molecule has 1 N–H and O–H groups in total. The van der Waals surface area contributed by atoms with Crippen molar-refractivity contribution in [2.75, 3.05) is 7.11 Å². The molecule has 0 aliphatic carbocycles. The minimum atomic E-state index is -4.86. The molecule has 2 aromatic carbocycles.